The van der Waals surface area contributed by atoms with Crippen LogP contribution in [0.5, 0.6) is 0 Å². The lowest BCUT2D eigenvalue weighted by molar-refractivity contribution is -0.0275. The van der Waals surface area contributed by atoms with E-state index in [4.69, 9.17) is 9.72 Å². The van der Waals surface area contributed by atoms with Gasteiger partial charge in [0.05, 0.1) is 11.8 Å². The van der Waals surface area contributed by atoms with Crippen LogP contribution in [0.15, 0.2) is 59.6 Å². The summed E-state index contributed by atoms with van der Waals surface area (Å²) in [6, 6.07) is 17.6. The second kappa shape index (κ2) is 9.19. The highest BCUT2D eigenvalue weighted by atomic mass is 32.2. The van der Waals surface area contributed by atoms with Crippen molar-refractivity contribution in [1.82, 2.24) is 14.5 Å². The molecule has 1 saturated heterocycles. The number of benzene rings is 2. The summed E-state index contributed by atoms with van der Waals surface area (Å²) in [5, 5.41) is 0. The van der Waals surface area contributed by atoms with Crippen molar-refractivity contribution in [2.45, 2.75) is 49.8 Å². The zero-order valence-corrected chi connectivity index (χ0v) is 19.3. The third kappa shape index (κ3) is 4.45. The van der Waals surface area contributed by atoms with E-state index in [1.165, 1.54) is 21.6 Å². The maximum Gasteiger partial charge on any atom is 0.143 e. The normalized spacial score (nSPS) is 19.6. The van der Waals surface area contributed by atoms with Crippen LogP contribution in [0.25, 0.3) is 11.3 Å². The Labute approximate surface area is 189 Å². The molecule has 2 aromatic carbocycles. The Morgan fingerprint density at radius 1 is 1.03 bits per heavy atom. The minimum atomic E-state index is -0.101. The number of piperidine rings is 1. The largest absolute Gasteiger partial charge is 0.362 e. The average Bonchev–Trinajstić information content (AvgIpc) is 3.16. The number of hydrogen-bond donors (Lipinski definition) is 0. The van der Waals surface area contributed by atoms with Crippen molar-refractivity contribution in [3.8, 4) is 11.3 Å². The highest BCUT2D eigenvalue weighted by Gasteiger charge is 2.30. The van der Waals surface area contributed by atoms with Gasteiger partial charge >= 0.3 is 0 Å². The third-order valence-corrected chi connectivity index (χ3v) is 7.35. The molecule has 0 aliphatic carbocycles. The number of aromatic nitrogens is 2. The molecule has 1 unspecified atom stereocenters. The molecule has 1 fully saturated rings. The maximum atomic E-state index is 6.80. The monoisotopic (exact) mass is 433 g/mol. The van der Waals surface area contributed by atoms with Crippen LogP contribution >= 0.6 is 11.8 Å². The summed E-state index contributed by atoms with van der Waals surface area (Å²) < 4.78 is 9.12. The summed E-state index contributed by atoms with van der Waals surface area (Å²) in [7, 11) is 2.19. The predicted molar refractivity (Wildman–Crippen MR) is 128 cm³/mol. The summed E-state index contributed by atoms with van der Waals surface area (Å²) in [5.74, 6) is 2.14. The lowest BCUT2D eigenvalue weighted by Crippen LogP contribution is -2.35. The van der Waals surface area contributed by atoms with Gasteiger partial charge in [-0.3, -0.25) is 0 Å². The number of aryl methyl sites for hydroxylation is 2. The number of nitrogens with zero attached hydrogens (tertiary/aromatic N) is 3. The van der Waals surface area contributed by atoms with Gasteiger partial charge in [0.25, 0.3) is 0 Å². The molecule has 5 heteroatoms. The van der Waals surface area contributed by atoms with E-state index in [9.17, 15) is 0 Å². The number of likely N-dealkylation sites (tertiary alicyclic amines) is 1. The molecule has 4 nitrogen and oxygen atoms in total. The molecule has 3 aromatic rings. The minimum Gasteiger partial charge on any atom is -0.362 e. The van der Waals surface area contributed by atoms with Crippen LogP contribution in [0.3, 0.4) is 0 Å². The topological polar surface area (TPSA) is 30.3 Å². The van der Waals surface area contributed by atoms with Crippen molar-refractivity contribution in [1.29, 1.82) is 0 Å². The van der Waals surface area contributed by atoms with Crippen LogP contribution in [-0.4, -0.2) is 46.4 Å². The maximum absolute atomic E-state index is 6.80. The van der Waals surface area contributed by atoms with E-state index in [1.807, 2.05) is 11.8 Å². The molecule has 0 radical (unpaired) electrons. The van der Waals surface area contributed by atoms with Crippen molar-refractivity contribution in [2.75, 3.05) is 25.9 Å². The second-order valence-electron chi connectivity index (χ2n) is 8.60. The lowest BCUT2D eigenvalue weighted by atomic mass is 10.00. The summed E-state index contributed by atoms with van der Waals surface area (Å²) in [6.07, 6.45) is 5.58. The van der Waals surface area contributed by atoms with Crippen molar-refractivity contribution < 1.29 is 4.74 Å². The van der Waals surface area contributed by atoms with Gasteiger partial charge in [0.2, 0.25) is 0 Å². The number of fused-ring (bicyclic) bond motifs is 2. The Balaban J connectivity index is 1.48. The standard InChI is InChI=1S/C26H31N3OS/c1-3-31-22-10-8-20(9-11-22)24-18-29-17-12-19-6-4-5-7-23(19)25(26(29)27-24)30-21-13-15-28(2)16-14-21/h4-11,18,21,25H,3,12-17H2,1-2H3. The third-order valence-electron chi connectivity index (χ3n) is 6.46. The molecule has 0 spiro atoms. The first kappa shape index (κ1) is 20.8. The first-order valence-electron chi connectivity index (χ1n) is 11.4. The van der Waals surface area contributed by atoms with Gasteiger partial charge in [-0.1, -0.05) is 43.3 Å². The highest BCUT2D eigenvalue weighted by Crippen LogP contribution is 2.36. The van der Waals surface area contributed by atoms with E-state index in [2.05, 4.69) is 78.2 Å². The molecule has 1 aromatic heterocycles. The number of hydrogen-bond acceptors (Lipinski definition) is 4. The van der Waals surface area contributed by atoms with E-state index in [0.717, 1.165) is 56.2 Å². The highest BCUT2D eigenvalue weighted by molar-refractivity contribution is 7.99. The molecule has 0 amide bonds. The Morgan fingerprint density at radius 3 is 2.58 bits per heavy atom. The van der Waals surface area contributed by atoms with Gasteiger partial charge in [0, 0.05) is 36.3 Å². The molecule has 0 bridgehead atoms. The zero-order chi connectivity index (χ0) is 21.2. The fourth-order valence-electron chi connectivity index (χ4n) is 4.69. The zero-order valence-electron chi connectivity index (χ0n) is 18.5. The molecule has 3 heterocycles. The number of rotatable bonds is 5. The van der Waals surface area contributed by atoms with E-state index < -0.39 is 0 Å². The molecule has 2 aliphatic heterocycles. The van der Waals surface area contributed by atoms with Crippen molar-refractivity contribution in [2.24, 2.45) is 0 Å². The predicted octanol–water partition coefficient (Wildman–Crippen LogP) is 5.42. The molecular weight excluding hydrogens is 402 g/mol. The molecule has 0 N–H and O–H groups in total. The molecule has 2 aliphatic rings. The molecule has 5 rings (SSSR count). The van der Waals surface area contributed by atoms with Crippen LogP contribution in [0.4, 0.5) is 0 Å². The van der Waals surface area contributed by atoms with Gasteiger partial charge in [-0.05, 0) is 55.3 Å². The van der Waals surface area contributed by atoms with Crippen LogP contribution in [0.2, 0.25) is 0 Å². The van der Waals surface area contributed by atoms with E-state index in [0.29, 0.717) is 0 Å². The fraction of sp³-hybridized carbons (Fsp3) is 0.423. The van der Waals surface area contributed by atoms with Gasteiger partial charge < -0.3 is 14.2 Å². The fourth-order valence-corrected chi connectivity index (χ4v) is 5.35. The van der Waals surface area contributed by atoms with Crippen LogP contribution < -0.4 is 0 Å². The second-order valence-corrected chi connectivity index (χ2v) is 9.94. The van der Waals surface area contributed by atoms with Gasteiger partial charge in [0.15, 0.2) is 0 Å². The van der Waals surface area contributed by atoms with E-state index >= 15 is 0 Å². The molecule has 0 saturated carbocycles. The summed E-state index contributed by atoms with van der Waals surface area (Å²) in [5.41, 5.74) is 4.88. The van der Waals surface area contributed by atoms with Gasteiger partial charge in [0.1, 0.15) is 11.9 Å². The Kier molecular flexibility index (Phi) is 6.17. The Morgan fingerprint density at radius 2 is 1.81 bits per heavy atom. The van der Waals surface area contributed by atoms with Crippen molar-refractivity contribution in [3.63, 3.8) is 0 Å². The lowest BCUT2D eigenvalue weighted by Gasteiger charge is -2.32. The number of thioether (sulfide) groups is 1. The number of imidazole rings is 1. The summed E-state index contributed by atoms with van der Waals surface area (Å²) in [6.45, 7) is 5.32. The SMILES string of the molecule is CCSc1ccc(-c2cn3c(n2)C(OC2CCN(C)CC2)c2ccccc2CC3)cc1. The first-order valence-corrected chi connectivity index (χ1v) is 12.4. The number of ether oxygens (including phenoxy) is 1. The van der Waals surface area contributed by atoms with E-state index in [-0.39, 0.29) is 12.2 Å². The van der Waals surface area contributed by atoms with Crippen LogP contribution in [-0.2, 0) is 17.7 Å². The quantitative estimate of drug-likeness (QED) is 0.503. The van der Waals surface area contributed by atoms with Crippen molar-refractivity contribution >= 4 is 11.8 Å². The molecule has 162 valence electrons. The Bertz CT molecular complexity index is 1020. The van der Waals surface area contributed by atoms with Gasteiger partial charge in [-0.2, -0.15) is 0 Å². The minimum absolute atomic E-state index is 0.101. The van der Waals surface area contributed by atoms with E-state index in [1.54, 1.807) is 0 Å². The van der Waals surface area contributed by atoms with Crippen LogP contribution in [0.1, 0.15) is 42.8 Å². The molecule has 1 atom stereocenters. The smallest absolute Gasteiger partial charge is 0.143 e. The summed E-state index contributed by atoms with van der Waals surface area (Å²) >= 11 is 1.87. The van der Waals surface area contributed by atoms with Gasteiger partial charge in [-0.15, -0.1) is 11.8 Å². The van der Waals surface area contributed by atoms with Gasteiger partial charge in [-0.25, -0.2) is 4.98 Å². The molecule has 31 heavy (non-hydrogen) atoms. The van der Waals surface area contributed by atoms with Crippen LogP contribution in [0, 0.1) is 0 Å². The average molecular weight is 434 g/mol. The summed E-state index contributed by atoms with van der Waals surface area (Å²) in [4.78, 5) is 8.84. The van der Waals surface area contributed by atoms with Crippen molar-refractivity contribution in [3.05, 3.63) is 71.7 Å². The molecular formula is C26H31N3OS. The Hall–Kier alpha value is -2.08. The first-order chi connectivity index (χ1) is 15.2.